The number of hydrogen-bond acceptors (Lipinski definition) is 5. The van der Waals surface area contributed by atoms with Gasteiger partial charge in [0.2, 0.25) is 10.1 Å². The SMILES string of the molecule is CC(NC(=O)Nc1nnc(C(F)(F)F)s1)c1ccco1. The first-order valence-electron chi connectivity index (χ1n) is 5.38. The maximum absolute atomic E-state index is 12.3. The third-order valence-corrected chi connectivity index (χ3v) is 3.09. The van der Waals surface area contributed by atoms with Gasteiger partial charge in [-0.05, 0) is 19.1 Å². The van der Waals surface area contributed by atoms with E-state index in [4.69, 9.17) is 4.42 Å². The lowest BCUT2D eigenvalue weighted by Crippen LogP contribution is -2.30. The van der Waals surface area contributed by atoms with Crippen LogP contribution in [0, 0.1) is 0 Å². The molecule has 0 saturated heterocycles. The van der Waals surface area contributed by atoms with Crippen molar-refractivity contribution in [1.82, 2.24) is 15.5 Å². The van der Waals surface area contributed by atoms with Crippen LogP contribution in [0.5, 0.6) is 0 Å². The highest BCUT2D eigenvalue weighted by atomic mass is 32.1. The average molecular weight is 306 g/mol. The fourth-order valence-corrected chi connectivity index (χ4v) is 1.93. The third kappa shape index (κ3) is 3.47. The second kappa shape index (κ2) is 5.49. The quantitative estimate of drug-likeness (QED) is 0.913. The van der Waals surface area contributed by atoms with Crippen LogP contribution in [-0.4, -0.2) is 16.2 Å². The van der Waals surface area contributed by atoms with E-state index in [2.05, 4.69) is 20.8 Å². The van der Waals surface area contributed by atoms with Crippen LogP contribution in [0.25, 0.3) is 0 Å². The van der Waals surface area contributed by atoms with Gasteiger partial charge in [0.05, 0.1) is 12.3 Å². The van der Waals surface area contributed by atoms with E-state index in [0.29, 0.717) is 5.76 Å². The normalized spacial score (nSPS) is 13.0. The molecule has 0 aliphatic rings. The molecule has 6 nitrogen and oxygen atoms in total. The van der Waals surface area contributed by atoms with Gasteiger partial charge in [-0.25, -0.2) is 4.79 Å². The van der Waals surface area contributed by atoms with Crippen LogP contribution in [0.1, 0.15) is 23.7 Å². The summed E-state index contributed by atoms with van der Waals surface area (Å²) in [6.07, 6.45) is -3.12. The minimum Gasteiger partial charge on any atom is -0.467 e. The Morgan fingerprint density at radius 3 is 2.75 bits per heavy atom. The molecule has 2 aromatic rings. The summed E-state index contributed by atoms with van der Waals surface area (Å²) in [4.78, 5) is 11.6. The second-order valence-corrected chi connectivity index (χ2v) is 4.72. The van der Waals surface area contributed by atoms with Gasteiger partial charge in [-0.15, -0.1) is 10.2 Å². The lowest BCUT2D eigenvalue weighted by Gasteiger charge is -2.10. The van der Waals surface area contributed by atoms with E-state index < -0.39 is 23.3 Å². The number of aromatic nitrogens is 2. The van der Waals surface area contributed by atoms with E-state index in [1.165, 1.54) is 6.26 Å². The Morgan fingerprint density at radius 2 is 2.20 bits per heavy atom. The van der Waals surface area contributed by atoms with Crippen LogP contribution in [-0.2, 0) is 6.18 Å². The Bertz CT molecular complexity index is 582. The fourth-order valence-electron chi connectivity index (χ4n) is 1.33. The molecule has 10 heteroatoms. The predicted molar refractivity (Wildman–Crippen MR) is 64.2 cm³/mol. The van der Waals surface area contributed by atoms with Crippen molar-refractivity contribution in [3.63, 3.8) is 0 Å². The van der Waals surface area contributed by atoms with Crippen LogP contribution in [0.15, 0.2) is 22.8 Å². The van der Waals surface area contributed by atoms with Gasteiger partial charge in [0.1, 0.15) is 5.76 Å². The fraction of sp³-hybridized carbons (Fsp3) is 0.300. The number of alkyl halides is 3. The standard InChI is InChI=1S/C10H9F3N4O2S/c1-5(6-3-2-4-19-6)14-8(18)15-9-17-16-7(20-9)10(11,12)13/h2-5H,1H3,(H2,14,15,17,18). The van der Waals surface area contributed by atoms with E-state index in [1.54, 1.807) is 19.1 Å². The maximum atomic E-state index is 12.3. The number of anilines is 1. The molecule has 0 aromatic carbocycles. The number of urea groups is 1. The summed E-state index contributed by atoms with van der Waals surface area (Å²) < 4.78 is 42.0. The molecule has 1 atom stereocenters. The minimum absolute atomic E-state index is 0.235. The van der Waals surface area contributed by atoms with Crippen molar-refractivity contribution in [1.29, 1.82) is 0 Å². The lowest BCUT2D eigenvalue weighted by molar-refractivity contribution is -0.138. The topological polar surface area (TPSA) is 80.0 Å². The summed E-state index contributed by atoms with van der Waals surface area (Å²) in [5.74, 6) is 0.522. The van der Waals surface area contributed by atoms with Gasteiger partial charge >= 0.3 is 12.2 Å². The van der Waals surface area contributed by atoms with Crippen LogP contribution in [0.2, 0.25) is 0 Å². The molecule has 0 fully saturated rings. The van der Waals surface area contributed by atoms with E-state index in [1.807, 2.05) is 0 Å². The zero-order valence-electron chi connectivity index (χ0n) is 10.1. The largest absolute Gasteiger partial charge is 0.467 e. The highest BCUT2D eigenvalue weighted by Crippen LogP contribution is 2.32. The Morgan fingerprint density at radius 1 is 1.45 bits per heavy atom. The van der Waals surface area contributed by atoms with Crippen LogP contribution in [0.3, 0.4) is 0 Å². The number of carbonyl (C=O) groups excluding carboxylic acids is 1. The van der Waals surface area contributed by atoms with Gasteiger partial charge in [0.25, 0.3) is 0 Å². The van der Waals surface area contributed by atoms with Gasteiger partial charge in [0.15, 0.2) is 0 Å². The molecule has 0 bridgehead atoms. The van der Waals surface area contributed by atoms with Crippen molar-refractivity contribution in [2.24, 2.45) is 0 Å². The number of amides is 2. The Balaban J connectivity index is 1.93. The number of furan rings is 1. The first-order chi connectivity index (χ1) is 9.36. The number of carbonyl (C=O) groups is 1. The summed E-state index contributed by atoms with van der Waals surface area (Å²) in [5.41, 5.74) is 0. The Labute approximate surface area is 115 Å². The van der Waals surface area contributed by atoms with Crippen LogP contribution < -0.4 is 10.6 Å². The molecule has 0 radical (unpaired) electrons. The Kier molecular flexibility index (Phi) is 3.93. The lowest BCUT2D eigenvalue weighted by atomic mass is 10.2. The van der Waals surface area contributed by atoms with Crippen LogP contribution >= 0.6 is 11.3 Å². The molecule has 0 aliphatic carbocycles. The molecule has 0 spiro atoms. The van der Waals surface area contributed by atoms with Gasteiger partial charge in [-0.2, -0.15) is 13.2 Å². The molecule has 2 amide bonds. The number of nitrogens with zero attached hydrogens (tertiary/aromatic N) is 2. The summed E-state index contributed by atoms with van der Waals surface area (Å²) in [6.45, 7) is 1.67. The smallest absolute Gasteiger partial charge is 0.445 e. The van der Waals surface area contributed by atoms with Gasteiger partial charge < -0.3 is 9.73 Å². The first-order valence-corrected chi connectivity index (χ1v) is 6.19. The van der Waals surface area contributed by atoms with Gasteiger partial charge in [0, 0.05) is 0 Å². The highest BCUT2D eigenvalue weighted by Gasteiger charge is 2.35. The molecule has 2 aromatic heterocycles. The summed E-state index contributed by atoms with van der Waals surface area (Å²) in [5, 5.41) is 9.52. The number of rotatable bonds is 3. The minimum atomic E-state index is -4.57. The monoisotopic (exact) mass is 306 g/mol. The molecule has 2 heterocycles. The molecule has 2 rings (SSSR count). The van der Waals surface area contributed by atoms with Crippen molar-refractivity contribution in [3.05, 3.63) is 29.2 Å². The summed E-state index contributed by atoms with van der Waals surface area (Å²) in [7, 11) is 0. The summed E-state index contributed by atoms with van der Waals surface area (Å²) in [6, 6.07) is 2.20. The molecular weight excluding hydrogens is 297 g/mol. The van der Waals surface area contributed by atoms with E-state index in [0.717, 1.165) is 0 Å². The molecule has 20 heavy (non-hydrogen) atoms. The predicted octanol–water partition coefficient (Wildman–Crippen LogP) is 3.03. The molecule has 0 aliphatic heterocycles. The molecule has 108 valence electrons. The van der Waals surface area contributed by atoms with E-state index >= 15 is 0 Å². The first kappa shape index (κ1) is 14.3. The van der Waals surface area contributed by atoms with Crippen molar-refractivity contribution >= 4 is 22.5 Å². The summed E-state index contributed by atoms with van der Waals surface area (Å²) >= 11 is 0.250. The zero-order chi connectivity index (χ0) is 14.8. The molecule has 2 N–H and O–H groups in total. The average Bonchev–Trinajstić information content (AvgIpc) is 2.97. The van der Waals surface area contributed by atoms with Crippen LogP contribution in [0.4, 0.5) is 23.1 Å². The molecule has 1 unspecified atom stereocenters. The molecular formula is C10H9F3N4O2S. The van der Waals surface area contributed by atoms with Crippen molar-refractivity contribution in [2.45, 2.75) is 19.1 Å². The van der Waals surface area contributed by atoms with Crippen molar-refractivity contribution in [2.75, 3.05) is 5.32 Å². The maximum Gasteiger partial charge on any atom is 0.445 e. The van der Waals surface area contributed by atoms with Crippen molar-refractivity contribution in [3.8, 4) is 0 Å². The number of nitrogens with one attached hydrogen (secondary N) is 2. The molecule has 0 saturated carbocycles. The van der Waals surface area contributed by atoms with E-state index in [9.17, 15) is 18.0 Å². The van der Waals surface area contributed by atoms with E-state index in [-0.39, 0.29) is 16.5 Å². The van der Waals surface area contributed by atoms with Crippen molar-refractivity contribution < 1.29 is 22.4 Å². The number of hydrogen-bond donors (Lipinski definition) is 2. The highest BCUT2D eigenvalue weighted by molar-refractivity contribution is 7.15. The van der Waals surface area contributed by atoms with Gasteiger partial charge in [-0.1, -0.05) is 11.3 Å². The third-order valence-electron chi connectivity index (χ3n) is 2.21. The number of halogens is 3. The van der Waals surface area contributed by atoms with Gasteiger partial charge in [-0.3, -0.25) is 5.32 Å². The zero-order valence-corrected chi connectivity index (χ0v) is 10.9. The Hall–Kier alpha value is -2.10. The second-order valence-electron chi connectivity index (χ2n) is 3.75.